The summed E-state index contributed by atoms with van der Waals surface area (Å²) in [6, 6.07) is 8.38. The molecule has 2 aliphatic heterocycles. The van der Waals surface area contributed by atoms with E-state index < -0.39 is 9.84 Å². The van der Waals surface area contributed by atoms with Crippen LogP contribution in [-0.4, -0.2) is 52.1 Å². The zero-order chi connectivity index (χ0) is 17.0. The Morgan fingerprint density at radius 1 is 1.33 bits per heavy atom. The molecule has 1 atom stereocenters. The largest absolute Gasteiger partial charge is 0.364 e. The fraction of sp³-hybridized carbons (Fsp3) is 0.471. The van der Waals surface area contributed by atoms with Crippen LogP contribution in [0.5, 0.6) is 0 Å². The van der Waals surface area contributed by atoms with Crippen LogP contribution >= 0.6 is 0 Å². The van der Waals surface area contributed by atoms with Crippen LogP contribution in [0.15, 0.2) is 41.4 Å². The number of nitrogens with zero attached hydrogens (tertiary/aromatic N) is 2. The summed E-state index contributed by atoms with van der Waals surface area (Å²) in [5.41, 5.74) is 2.38. The first-order valence-corrected chi connectivity index (χ1v) is 10.0. The van der Waals surface area contributed by atoms with Gasteiger partial charge in [0.2, 0.25) is 0 Å². The van der Waals surface area contributed by atoms with E-state index in [2.05, 4.69) is 56.9 Å². The van der Waals surface area contributed by atoms with E-state index in [1.807, 2.05) is 0 Å². The van der Waals surface area contributed by atoms with Crippen LogP contribution < -0.4 is 15.5 Å². The van der Waals surface area contributed by atoms with Crippen LogP contribution in [0.25, 0.3) is 0 Å². The highest BCUT2D eigenvalue weighted by Gasteiger charge is 2.28. The van der Waals surface area contributed by atoms with Gasteiger partial charge in [-0.25, -0.2) is 8.42 Å². The van der Waals surface area contributed by atoms with Crippen molar-refractivity contribution in [2.45, 2.75) is 19.0 Å². The van der Waals surface area contributed by atoms with E-state index in [0.717, 1.165) is 13.1 Å². The molecular weight excluding hydrogens is 324 g/mol. The number of hydrogen-bond acceptors (Lipinski definition) is 4. The molecule has 130 valence electrons. The number of benzene rings is 1. The average Bonchev–Trinajstić information content (AvgIpc) is 3.21. The minimum atomic E-state index is -2.89. The molecule has 0 aromatic heterocycles. The minimum absolute atomic E-state index is 0.0526. The summed E-state index contributed by atoms with van der Waals surface area (Å²) in [5.74, 6) is 1.09. The molecule has 1 saturated heterocycles. The van der Waals surface area contributed by atoms with E-state index in [0.29, 0.717) is 18.9 Å². The van der Waals surface area contributed by atoms with Crippen molar-refractivity contribution in [3.05, 3.63) is 42.0 Å². The summed E-state index contributed by atoms with van der Waals surface area (Å²) in [4.78, 5) is 6.50. The maximum Gasteiger partial charge on any atom is 0.191 e. The summed E-state index contributed by atoms with van der Waals surface area (Å²) in [6.07, 6.45) is 4.99. The number of guanidine groups is 1. The lowest BCUT2D eigenvalue weighted by atomic mass is 10.2. The Balaban J connectivity index is 1.55. The summed E-state index contributed by atoms with van der Waals surface area (Å²) in [6.45, 7) is 2.56. The maximum atomic E-state index is 11.5. The Morgan fingerprint density at radius 2 is 2.12 bits per heavy atom. The normalized spacial score (nSPS) is 22.8. The van der Waals surface area contributed by atoms with Crippen LogP contribution in [0.2, 0.25) is 0 Å². The third kappa shape index (κ3) is 4.29. The van der Waals surface area contributed by atoms with Crippen molar-refractivity contribution in [1.29, 1.82) is 0 Å². The zero-order valence-electron chi connectivity index (χ0n) is 13.9. The Bertz CT molecular complexity index is 735. The van der Waals surface area contributed by atoms with Gasteiger partial charge in [0, 0.05) is 38.4 Å². The molecule has 0 spiro atoms. The van der Waals surface area contributed by atoms with Gasteiger partial charge in [-0.05, 0) is 24.1 Å². The highest BCUT2D eigenvalue weighted by Crippen LogP contribution is 2.18. The van der Waals surface area contributed by atoms with Crippen molar-refractivity contribution in [2.75, 3.05) is 36.5 Å². The van der Waals surface area contributed by atoms with Crippen molar-refractivity contribution in [3.63, 3.8) is 0 Å². The Morgan fingerprint density at radius 3 is 2.79 bits per heavy atom. The Hall–Kier alpha value is -2.02. The van der Waals surface area contributed by atoms with Gasteiger partial charge in [0.15, 0.2) is 15.8 Å². The molecule has 0 radical (unpaired) electrons. The third-order valence-electron chi connectivity index (χ3n) is 4.35. The number of hydrogen-bond donors (Lipinski definition) is 2. The fourth-order valence-corrected chi connectivity index (χ4v) is 4.71. The van der Waals surface area contributed by atoms with Gasteiger partial charge in [-0.2, -0.15) is 0 Å². The molecule has 1 unspecified atom stereocenters. The summed E-state index contributed by atoms with van der Waals surface area (Å²) in [7, 11) is -1.19. The molecule has 3 rings (SSSR count). The predicted octanol–water partition coefficient (Wildman–Crippen LogP) is 0.915. The summed E-state index contributed by atoms with van der Waals surface area (Å²) >= 11 is 0. The van der Waals surface area contributed by atoms with E-state index in [1.54, 1.807) is 7.05 Å². The molecule has 1 fully saturated rings. The molecule has 7 heteroatoms. The van der Waals surface area contributed by atoms with Crippen LogP contribution in [0.1, 0.15) is 12.0 Å². The van der Waals surface area contributed by atoms with E-state index >= 15 is 0 Å². The number of aliphatic imine (C=N–C) groups is 1. The molecule has 1 aromatic rings. The Kier molecular flexibility index (Phi) is 5.08. The van der Waals surface area contributed by atoms with Gasteiger partial charge < -0.3 is 15.5 Å². The van der Waals surface area contributed by atoms with Crippen LogP contribution in [-0.2, 0) is 16.4 Å². The number of rotatable bonds is 4. The monoisotopic (exact) mass is 348 g/mol. The minimum Gasteiger partial charge on any atom is -0.364 e. The Labute approximate surface area is 143 Å². The van der Waals surface area contributed by atoms with Crippen LogP contribution in [0.3, 0.4) is 0 Å². The van der Waals surface area contributed by atoms with Gasteiger partial charge in [-0.1, -0.05) is 24.3 Å². The van der Waals surface area contributed by atoms with Crippen molar-refractivity contribution in [2.24, 2.45) is 4.99 Å². The first kappa shape index (κ1) is 16.8. The van der Waals surface area contributed by atoms with Crippen LogP contribution in [0.4, 0.5) is 5.69 Å². The van der Waals surface area contributed by atoms with Gasteiger partial charge in [-0.3, -0.25) is 4.99 Å². The standard InChI is InChI=1S/C17H24N4O2S/c1-18-17(20-15-7-10-24(22,23)13-15)19-12-14-5-4-6-16(11-14)21-8-2-3-9-21/h2-6,11,15H,7-10,12-13H2,1H3,(H2,18,19,20). The molecule has 0 aliphatic carbocycles. The highest BCUT2D eigenvalue weighted by atomic mass is 32.2. The second kappa shape index (κ2) is 7.25. The number of nitrogens with one attached hydrogen (secondary N) is 2. The van der Waals surface area contributed by atoms with E-state index in [4.69, 9.17) is 0 Å². The highest BCUT2D eigenvalue weighted by molar-refractivity contribution is 7.91. The fourth-order valence-electron chi connectivity index (χ4n) is 3.03. The van der Waals surface area contributed by atoms with E-state index in [9.17, 15) is 8.42 Å². The van der Waals surface area contributed by atoms with Gasteiger partial charge in [0.1, 0.15) is 0 Å². The molecule has 0 saturated carbocycles. The smallest absolute Gasteiger partial charge is 0.191 e. The summed E-state index contributed by atoms with van der Waals surface area (Å²) in [5, 5.41) is 6.47. The summed E-state index contributed by atoms with van der Waals surface area (Å²) < 4.78 is 23.1. The molecule has 24 heavy (non-hydrogen) atoms. The zero-order valence-corrected chi connectivity index (χ0v) is 14.7. The number of sulfone groups is 1. The second-order valence-electron chi connectivity index (χ2n) is 6.22. The van der Waals surface area contributed by atoms with Crippen LogP contribution in [0, 0.1) is 0 Å². The molecular formula is C17H24N4O2S. The molecule has 2 aliphatic rings. The molecule has 1 aromatic carbocycles. The SMILES string of the molecule is CN=C(NCc1cccc(N2CC=CC2)c1)NC1CCS(=O)(=O)C1. The predicted molar refractivity (Wildman–Crippen MR) is 98.2 cm³/mol. The van der Waals surface area contributed by atoms with E-state index in [-0.39, 0.29) is 17.5 Å². The lowest BCUT2D eigenvalue weighted by Gasteiger charge is -2.19. The second-order valence-corrected chi connectivity index (χ2v) is 8.45. The first-order valence-electron chi connectivity index (χ1n) is 8.22. The lowest BCUT2D eigenvalue weighted by Crippen LogP contribution is -2.43. The van der Waals surface area contributed by atoms with Crippen molar-refractivity contribution < 1.29 is 8.42 Å². The lowest BCUT2D eigenvalue weighted by molar-refractivity contribution is 0.599. The molecule has 0 bridgehead atoms. The third-order valence-corrected chi connectivity index (χ3v) is 6.12. The number of anilines is 1. The topological polar surface area (TPSA) is 73.8 Å². The van der Waals surface area contributed by atoms with Crippen molar-refractivity contribution in [1.82, 2.24) is 10.6 Å². The molecule has 6 nitrogen and oxygen atoms in total. The van der Waals surface area contributed by atoms with Crippen molar-refractivity contribution in [3.8, 4) is 0 Å². The van der Waals surface area contributed by atoms with Gasteiger partial charge >= 0.3 is 0 Å². The van der Waals surface area contributed by atoms with Crippen molar-refractivity contribution >= 4 is 21.5 Å². The first-order chi connectivity index (χ1) is 11.6. The molecule has 2 N–H and O–H groups in total. The van der Waals surface area contributed by atoms with Gasteiger partial charge in [0.25, 0.3) is 0 Å². The van der Waals surface area contributed by atoms with Gasteiger partial charge in [0.05, 0.1) is 11.5 Å². The average molecular weight is 348 g/mol. The maximum absolute atomic E-state index is 11.5. The molecule has 0 amide bonds. The molecule has 2 heterocycles. The van der Waals surface area contributed by atoms with Gasteiger partial charge in [-0.15, -0.1) is 0 Å². The quantitative estimate of drug-likeness (QED) is 0.481. The van der Waals surface area contributed by atoms with E-state index in [1.165, 1.54) is 11.3 Å².